The Balaban J connectivity index is 0.000000178. The van der Waals surface area contributed by atoms with E-state index in [9.17, 15) is 9.59 Å². The number of hydrogen-bond acceptors (Lipinski definition) is 4. The van der Waals surface area contributed by atoms with Crippen LogP contribution in [0.25, 0.3) is 21.8 Å². The maximum atomic E-state index is 11.4. The van der Waals surface area contributed by atoms with E-state index in [1.807, 2.05) is 60.8 Å². The Bertz CT molecular complexity index is 1220. The Hall–Kier alpha value is -2.93. The second-order valence-electron chi connectivity index (χ2n) is 7.05. The first-order valence-corrected chi connectivity index (χ1v) is 9.91. The third kappa shape index (κ3) is 4.77. The molecule has 162 valence electrons. The van der Waals surface area contributed by atoms with E-state index in [1.165, 1.54) is 0 Å². The van der Waals surface area contributed by atoms with Crippen molar-refractivity contribution < 1.29 is 46.9 Å². The third-order valence-corrected chi connectivity index (χ3v) is 5.23. The van der Waals surface area contributed by atoms with Gasteiger partial charge in [-0.2, -0.15) is 0 Å². The smallest absolute Gasteiger partial charge is 0.142 e. The Kier molecular flexibility index (Phi) is 8.22. The predicted octanol–water partition coefficient (Wildman–Crippen LogP) is 5.15. The summed E-state index contributed by atoms with van der Waals surface area (Å²) < 4.78 is 0. The maximum absolute atomic E-state index is 11.4. The molecule has 0 unspecified atom stereocenters. The number of aromatic nitrogens is 2. The van der Waals surface area contributed by atoms with Gasteiger partial charge >= 0.3 is 0 Å². The third-order valence-electron chi connectivity index (χ3n) is 5.23. The van der Waals surface area contributed by atoms with Gasteiger partial charge in [0.05, 0.1) is 11.0 Å². The van der Waals surface area contributed by atoms with Crippen LogP contribution in [0.15, 0.2) is 109 Å². The van der Waals surface area contributed by atoms with Crippen molar-refractivity contribution in [3.63, 3.8) is 0 Å². The molecule has 0 aliphatic carbocycles. The van der Waals surface area contributed by atoms with Crippen LogP contribution < -0.4 is 0 Å². The fourth-order valence-corrected chi connectivity index (χ4v) is 3.59. The van der Waals surface area contributed by atoms with E-state index in [1.54, 1.807) is 30.5 Å². The van der Waals surface area contributed by atoms with E-state index in [0.29, 0.717) is 23.7 Å². The van der Waals surface area contributed by atoms with Gasteiger partial charge in [0.2, 0.25) is 0 Å². The van der Waals surface area contributed by atoms with Crippen molar-refractivity contribution in [1.82, 2.24) is 9.97 Å². The summed E-state index contributed by atoms with van der Waals surface area (Å²) in [4.78, 5) is 31.5. The van der Waals surface area contributed by atoms with Crippen molar-refractivity contribution in [3.8, 4) is 0 Å². The number of benzene rings is 3. The molecule has 4 nitrogen and oxygen atoms in total. The standard InChI is InChI=1S/C15H12O2.C12H8N2.Er/c16-11-15(12-17,13-7-3-1-4-8-13)14-9-5-2-6-10-14;1-3-9-5-6-11-10(4-2-7-13-11)12(9)14-8-1;/h1-12H;1-8H;. The summed E-state index contributed by atoms with van der Waals surface area (Å²) in [6.07, 6.45) is 5.02. The van der Waals surface area contributed by atoms with Crippen molar-refractivity contribution in [1.29, 1.82) is 0 Å². The predicted molar refractivity (Wildman–Crippen MR) is 123 cm³/mol. The van der Waals surface area contributed by atoms with Gasteiger partial charge in [-0.1, -0.05) is 72.8 Å². The Morgan fingerprint density at radius 1 is 0.594 bits per heavy atom. The van der Waals surface area contributed by atoms with Gasteiger partial charge < -0.3 is 9.59 Å². The zero-order valence-electron chi connectivity index (χ0n) is 17.0. The van der Waals surface area contributed by atoms with E-state index in [2.05, 4.69) is 28.2 Å². The number of rotatable bonds is 4. The van der Waals surface area contributed by atoms with Gasteiger partial charge in [0.1, 0.15) is 18.0 Å². The SMILES string of the molecule is O=CC(C=O)(c1ccccc1)c1ccccc1.[Er].c1cnc2c(c1)ccc1ncccc12. The summed E-state index contributed by atoms with van der Waals surface area (Å²) in [6, 6.07) is 30.2. The van der Waals surface area contributed by atoms with E-state index in [-0.39, 0.29) is 37.3 Å². The number of hydrogen-bond donors (Lipinski definition) is 0. The van der Waals surface area contributed by atoms with E-state index >= 15 is 0 Å². The molecular formula is C27H20ErN2O2. The van der Waals surface area contributed by atoms with Crippen LogP contribution in [0.5, 0.6) is 0 Å². The fraction of sp³-hybridized carbons (Fsp3) is 0.0370. The van der Waals surface area contributed by atoms with Crippen molar-refractivity contribution in [3.05, 3.63) is 121 Å². The molecule has 0 amide bonds. The van der Waals surface area contributed by atoms with Crippen molar-refractivity contribution in [2.75, 3.05) is 0 Å². The maximum Gasteiger partial charge on any atom is 0.142 e. The van der Waals surface area contributed by atoms with Crippen LogP contribution in [0.3, 0.4) is 0 Å². The number of nitrogens with zero attached hydrogens (tertiary/aromatic N) is 2. The molecule has 0 bridgehead atoms. The quantitative estimate of drug-likeness (QED) is 0.170. The van der Waals surface area contributed by atoms with Gasteiger partial charge in [-0.15, -0.1) is 0 Å². The van der Waals surface area contributed by atoms with Crippen LogP contribution >= 0.6 is 0 Å². The second-order valence-corrected chi connectivity index (χ2v) is 7.05. The first-order chi connectivity index (χ1) is 15.3. The number of fused-ring (bicyclic) bond motifs is 3. The zero-order chi connectivity index (χ0) is 21.5. The Morgan fingerprint density at radius 2 is 1.16 bits per heavy atom. The van der Waals surface area contributed by atoms with Crippen LogP contribution in [-0.2, 0) is 15.0 Å². The number of carbonyl (C=O) groups is 2. The van der Waals surface area contributed by atoms with Crippen LogP contribution in [0.2, 0.25) is 0 Å². The minimum Gasteiger partial charge on any atom is -0.302 e. The minimum absolute atomic E-state index is 0. The molecule has 0 N–H and O–H groups in total. The summed E-state index contributed by atoms with van der Waals surface area (Å²) in [7, 11) is 0. The average Bonchev–Trinajstić information content (AvgIpc) is 2.87. The van der Waals surface area contributed by atoms with Crippen molar-refractivity contribution >= 4 is 34.4 Å². The molecule has 2 aromatic heterocycles. The second kappa shape index (κ2) is 11.1. The first-order valence-electron chi connectivity index (χ1n) is 9.91. The molecule has 0 atom stereocenters. The van der Waals surface area contributed by atoms with Crippen molar-refractivity contribution in [2.45, 2.75) is 5.41 Å². The first kappa shape index (κ1) is 23.7. The molecule has 0 aliphatic heterocycles. The Morgan fingerprint density at radius 3 is 1.75 bits per heavy atom. The molecule has 0 radical (unpaired) electrons. The van der Waals surface area contributed by atoms with Gasteiger partial charge in [-0.3, -0.25) is 9.97 Å². The zero-order valence-corrected chi connectivity index (χ0v) is 18.9. The fourth-order valence-electron chi connectivity index (χ4n) is 3.59. The van der Waals surface area contributed by atoms with E-state index in [4.69, 9.17) is 0 Å². The summed E-state index contributed by atoms with van der Waals surface area (Å²) in [5.74, 6) is 0. The molecule has 0 spiro atoms. The number of pyridine rings is 2. The average molecular weight is 572 g/mol. The molecule has 5 heteroatoms. The molecule has 0 aliphatic rings. The summed E-state index contributed by atoms with van der Waals surface area (Å²) >= 11 is 0. The summed E-state index contributed by atoms with van der Waals surface area (Å²) in [6.45, 7) is 0. The summed E-state index contributed by atoms with van der Waals surface area (Å²) in [5, 5.41) is 2.28. The van der Waals surface area contributed by atoms with Crippen LogP contribution in [0.1, 0.15) is 11.1 Å². The number of aldehydes is 2. The van der Waals surface area contributed by atoms with Crippen LogP contribution in [0, 0.1) is 37.3 Å². The van der Waals surface area contributed by atoms with Gasteiger partial charge in [-0.05, 0) is 35.4 Å². The molecule has 0 saturated carbocycles. The molecule has 5 aromatic rings. The Labute approximate surface area is 215 Å². The van der Waals surface area contributed by atoms with E-state index < -0.39 is 5.41 Å². The van der Waals surface area contributed by atoms with Gasteiger partial charge in [0.15, 0.2) is 0 Å². The van der Waals surface area contributed by atoms with Crippen LogP contribution in [0.4, 0.5) is 0 Å². The molecule has 5 rings (SSSR count). The minimum atomic E-state index is -1.19. The molecule has 32 heavy (non-hydrogen) atoms. The molecule has 3 aromatic carbocycles. The molecule has 0 saturated heterocycles. The van der Waals surface area contributed by atoms with Gasteiger partial charge in [0, 0.05) is 60.5 Å². The topological polar surface area (TPSA) is 59.9 Å². The molecular weight excluding hydrogens is 552 g/mol. The normalized spacial score (nSPS) is 10.5. The monoisotopic (exact) mass is 570 g/mol. The van der Waals surface area contributed by atoms with Gasteiger partial charge in [0.25, 0.3) is 0 Å². The van der Waals surface area contributed by atoms with E-state index in [0.717, 1.165) is 21.8 Å². The molecule has 0 fully saturated rings. The van der Waals surface area contributed by atoms with Gasteiger partial charge in [-0.25, -0.2) is 0 Å². The molecule has 2 heterocycles. The van der Waals surface area contributed by atoms with Crippen molar-refractivity contribution in [2.24, 2.45) is 0 Å². The van der Waals surface area contributed by atoms with Crippen LogP contribution in [-0.4, -0.2) is 22.5 Å². The summed E-state index contributed by atoms with van der Waals surface area (Å²) in [5.41, 5.74) is 2.21. The number of carbonyl (C=O) groups excluding carboxylic acids is 2. The largest absolute Gasteiger partial charge is 0.302 e.